The summed E-state index contributed by atoms with van der Waals surface area (Å²) >= 11 is 0. The molecule has 0 saturated heterocycles. The van der Waals surface area contributed by atoms with Gasteiger partial charge in [0.25, 0.3) is 0 Å². The third kappa shape index (κ3) is 8.90. The Hall–Kier alpha value is 3.05. The van der Waals surface area contributed by atoms with Crippen molar-refractivity contribution in [2.45, 2.75) is 0 Å². The van der Waals surface area contributed by atoms with Gasteiger partial charge >= 0.3 is 23.1 Å². The van der Waals surface area contributed by atoms with Crippen LogP contribution in [0, 0.1) is 0 Å². The fourth-order valence-electron chi connectivity index (χ4n) is 0. The maximum absolute atomic E-state index is 0. The zero-order valence-electron chi connectivity index (χ0n) is 1.08. The third-order valence-corrected chi connectivity index (χ3v) is 0. The molecule has 0 aromatic heterocycles. The summed E-state index contributed by atoms with van der Waals surface area (Å²) in [5.74, 6) is 0. The van der Waals surface area contributed by atoms with Gasteiger partial charge in [-0.05, 0) is 0 Å². The molecule has 1 radical (unpaired) electrons. The molecule has 0 amide bonds. The van der Waals surface area contributed by atoms with Gasteiger partial charge in [-0.1, -0.05) is 0 Å². The minimum atomic E-state index is 0. The Bertz CT molecular complexity index is 8.00. The summed E-state index contributed by atoms with van der Waals surface area (Å²) in [6.07, 6.45) is 0. The zero-order valence-corrected chi connectivity index (χ0v) is 5.34. The maximum Gasteiger partial charge on any atom is 0.316 e. The Morgan fingerprint density at radius 3 is 1.00 bits per heavy atom. The molecule has 0 fully saturated rings. The maximum atomic E-state index is 0. The van der Waals surface area contributed by atoms with E-state index in [1.54, 1.807) is 0 Å². The van der Waals surface area contributed by atoms with E-state index >= 15 is 0 Å². The van der Waals surface area contributed by atoms with Crippen LogP contribution < -0.4 is 0 Å². The van der Waals surface area contributed by atoms with E-state index in [-0.39, 0.29) is 92.5 Å². The van der Waals surface area contributed by atoms with Crippen molar-refractivity contribution < 1.29 is 52.0 Å². The monoisotopic (exact) mass is 191 g/mol. The summed E-state index contributed by atoms with van der Waals surface area (Å²) in [7, 11) is 0. The van der Waals surface area contributed by atoms with Gasteiger partial charge in [-0.2, -0.15) is 0 Å². The van der Waals surface area contributed by atoms with Crippen molar-refractivity contribution in [3.05, 3.63) is 0 Å². The average molecular weight is 193 g/mol. The van der Waals surface area contributed by atoms with Gasteiger partial charge in [-0.3, -0.25) is 0 Å². The second-order valence-corrected chi connectivity index (χ2v) is 0. The van der Waals surface area contributed by atoms with E-state index < -0.39 is 0 Å². The standard InChI is InChI=1S/Al.Mg.Sc.Zr.5H. The molecule has 0 aliphatic heterocycles. The molecule has 17 valence electrons. The van der Waals surface area contributed by atoms with Gasteiger partial charge in [0.1, 0.15) is 0 Å². The number of hydrogen-bond donors (Lipinski definition) is 0. The topological polar surface area (TPSA) is 0 Å². The Balaban J connectivity index is 0. The first-order valence-electron chi connectivity index (χ1n) is 0. The van der Waals surface area contributed by atoms with Crippen LogP contribution in [0.5, 0.6) is 0 Å². The van der Waals surface area contributed by atoms with Crippen molar-refractivity contribution in [3.8, 4) is 0 Å². The second kappa shape index (κ2) is 16.6. The van der Waals surface area contributed by atoms with Gasteiger partial charge in [0, 0.05) is 52.0 Å². The molecule has 0 N–H and O–H groups in total. The summed E-state index contributed by atoms with van der Waals surface area (Å²) in [6, 6.07) is 0. The molecule has 0 bridgehead atoms. The SMILES string of the molecule is [AlH3].[MgH2].[Sc].[Zr]. The summed E-state index contributed by atoms with van der Waals surface area (Å²) in [5.41, 5.74) is 0. The first-order chi connectivity index (χ1) is 0. The molecule has 0 heterocycles. The molecular weight excluding hydrogens is 187 g/mol. The van der Waals surface area contributed by atoms with E-state index in [4.69, 9.17) is 0 Å². The van der Waals surface area contributed by atoms with Crippen LogP contribution in [0.2, 0.25) is 0 Å². The first kappa shape index (κ1) is 27.7. The fraction of sp³-hybridized carbons (Fsp3) is 0. The molecule has 0 aliphatic rings. The van der Waals surface area contributed by atoms with Crippen molar-refractivity contribution in [2.75, 3.05) is 0 Å². The predicted molar refractivity (Wildman–Crippen MR) is 18.5 cm³/mol. The molecular formula is H5AlMgScZr. The Labute approximate surface area is 90.7 Å². The van der Waals surface area contributed by atoms with Gasteiger partial charge in [0.2, 0.25) is 0 Å². The van der Waals surface area contributed by atoms with E-state index in [1.807, 2.05) is 0 Å². The number of rotatable bonds is 0. The van der Waals surface area contributed by atoms with Gasteiger partial charge in [-0.25, -0.2) is 0 Å². The van der Waals surface area contributed by atoms with Crippen molar-refractivity contribution in [1.29, 1.82) is 0 Å². The van der Waals surface area contributed by atoms with Crippen molar-refractivity contribution in [1.82, 2.24) is 0 Å². The molecule has 0 nitrogen and oxygen atoms in total. The molecule has 0 atom stereocenters. The van der Waals surface area contributed by atoms with Crippen LogP contribution >= 0.6 is 0 Å². The van der Waals surface area contributed by atoms with Crippen LogP contribution in [0.15, 0.2) is 0 Å². The van der Waals surface area contributed by atoms with Crippen molar-refractivity contribution >= 4 is 40.4 Å². The molecule has 0 aliphatic carbocycles. The van der Waals surface area contributed by atoms with Crippen LogP contribution in [0.25, 0.3) is 0 Å². The summed E-state index contributed by atoms with van der Waals surface area (Å²) in [4.78, 5) is 0. The zero-order chi connectivity index (χ0) is 0. The van der Waals surface area contributed by atoms with E-state index in [1.165, 1.54) is 0 Å². The van der Waals surface area contributed by atoms with Crippen LogP contribution in [0.1, 0.15) is 0 Å². The fourth-order valence-corrected chi connectivity index (χ4v) is 0. The van der Waals surface area contributed by atoms with Crippen LogP contribution in [0.3, 0.4) is 0 Å². The van der Waals surface area contributed by atoms with E-state index in [0.29, 0.717) is 0 Å². The summed E-state index contributed by atoms with van der Waals surface area (Å²) < 4.78 is 0. The number of hydrogen-bond acceptors (Lipinski definition) is 0. The first-order valence-corrected chi connectivity index (χ1v) is 0. The molecule has 4 heavy (non-hydrogen) atoms. The molecule has 0 aromatic carbocycles. The summed E-state index contributed by atoms with van der Waals surface area (Å²) in [6.45, 7) is 0. The largest absolute Gasteiger partial charge is 0.316 e. The van der Waals surface area contributed by atoms with Crippen molar-refractivity contribution in [2.24, 2.45) is 0 Å². The van der Waals surface area contributed by atoms with Gasteiger partial charge in [0.15, 0.2) is 17.4 Å². The molecule has 4 heteroatoms. The molecule has 0 saturated carbocycles. The Morgan fingerprint density at radius 2 is 1.00 bits per heavy atom. The molecule has 0 unspecified atom stereocenters. The smallest absolute Gasteiger partial charge is 0 e. The van der Waals surface area contributed by atoms with E-state index in [9.17, 15) is 0 Å². The minimum absolute atomic E-state index is 0. The van der Waals surface area contributed by atoms with Gasteiger partial charge in [0.05, 0.1) is 0 Å². The van der Waals surface area contributed by atoms with Crippen LogP contribution in [0.4, 0.5) is 0 Å². The summed E-state index contributed by atoms with van der Waals surface area (Å²) in [5, 5.41) is 0. The van der Waals surface area contributed by atoms with E-state index in [2.05, 4.69) is 0 Å². The van der Waals surface area contributed by atoms with E-state index in [0.717, 1.165) is 0 Å². The van der Waals surface area contributed by atoms with Crippen LogP contribution in [-0.4, -0.2) is 40.4 Å². The van der Waals surface area contributed by atoms with Gasteiger partial charge in [-0.15, -0.1) is 0 Å². The minimum Gasteiger partial charge on any atom is 0 e. The molecule has 0 rings (SSSR count). The Morgan fingerprint density at radius 1 is 1.00 bits per heavy atom. The second-order valence-electron chi connectivity index (χ2n) is 0. The molecule has 0 aromatic rings. The van der Waals surface area contributed by atoms with Crippen molar-refractivity contribution in [3.63, 3.8) is 0 Å². The average Bonchev–Trinajstić information content (AvgIpc) is 0. The van der Waals surface area contributed by atoms with Gasteiger partial charge < -0.3 is 0 Å². The molecule has 0 spiro atoms. The normalized spacial score (nSPS) is 0. The Kier molecular flexibility index (Phi) is 115. The van der Waals surface area contributed by atoms with Crippen LogP contribution in [-0.2, 0) is 52.0 Å². The quantitative estimate of drug-likeness (QED) is 0.386. The predicted octanol–water partition coefficient (Wildman–Crippen LogP) is -2.11. The third-order valence-electron chi connectivity index (χ3n) is 0.